The van der Waals surface area contributed by atoms with Crippen LogP contribution in [0.25, 0.3) is 0 Å². The van der Waals surface area contributed by atoms with Gasteiger partial charge < -0.3 is 20.3 Å². The lowest BCUT2D eigenvalue weighted by atomic mass is 10.1. The molecule has 3 atom stereocenters. The Morgan fingerprint density at radius 1 is 1.29 bits per heavy atom. The molecule has 8 nitrogen and oxygen atoms in total. The Hall–Kier alpha value is -2.74. The molecule has 0 aliphatic heterocycles. The average Bonchev–Trinajstić information content (AvgIpc) is 3.32. The lowest BCUT2D eigenvalue weighted by molar-refractivity contribution is -0.125. The summed E-state index contributed by atoms with van der Waals surface area (Å²) in [7, 11) is 0. The maximum Gasteiger partial charge on any atom is 0.224 e. The summed E-state index contributed by atoms with van der Waals surface area (Å²) in [5.74, 6) is 0.704. The molecule has 2 aromatic rings. The molecule has 3 N–H and O–H groups in total. The number of rotatable bonds is 7. The molecule has 0 radical (unpaired) electrons. The van der Waals surface area contributed by atoms with E-state index in [9.17, 15) is 14.7 Å². The first-order valence-corrected chi connectivity index (χ1v) is 9.68. The monoisotopic (exact) mass is 384 g/mol. The molecule has 4 rings (SSSR count). The standard InChI is InChI=1S/C20H24N4O4/c25-17-8-14(7-16(17)23-19(26)6-12-2-1-5-21-10-12)20(27)22-11-15-9-18(28-24-15)13-3-4-13/h1-2,5,9-10,13-14,16-17,25H,3-4,6-8,11H2,(H,22,27)(H,23,26)/t14-,16-,17-/m0/s1. The zero-order chi connectivity index (χ0) is 19.5. The van der Waals surface area contributed by atoms with E-state index in [1.165, 1.54) is 0 Å². The highest BCUT2D eigenvalue weighted by molar-refractivity contribution is 5.81. The minimum atomic E-state index is -0.734. The van der Waals surface area contributed by atoms with E-state index in [0.717, 1.165) is 24.2 Å². The van der Waals surface area contributed by atoms with Gasteiger partial charge in [-0.15, -0.1) is 0 Å². The molecule has 2 fully saturated rings. The van der Waals surface area contributed by atoms with E-state index in [1.807, 2.05) is 12.1 Å². The number of nitrogens with zero attached hydrogens (tertiary/aromatic N) is 2. The van der Waals surface area contributed by atoms with Crippen LogP contribution in [0, 0.1) is 5.92 Å². The molecule has 2 heterocycles. The number of hydrogen-bond donors (Lipinski definition) is 3. The van der Waals surface area contributed by atoms with Gasteiger partial charge in [-0.25, -0.2) is 0 Å². The normalized spacial score (nSPS) is 24.1. The molecule has 148 valence electrons. The van der Waals surface area contributed by atoms with Crippen LogP contribution in [0.1, 0.15) is 48.6 Å². The third-order valence-electron chi connectivity index (χ3n) is 5.33. The number of nitrogens with one attached hydrogen (secondary N) is 2. The van der Waals surface area contributed by atoms with Crippen molar-refractivity contribution >= 4 is 11.8 Å². The molecule has 8 heteroatoms. The molecular weight excluding hydrogens is 360 g/mol. The Bertz CT molecular complexity index is 834. The molecule has 0 unspecified atom stereocenters. The Morgan fingerprint density at radius 2 is 2.14 bits per heavy atom. The van der Waals surface area contributed by atoms with Crippen molar-refractivity contribution in [3.8, 4) is 0 Å². The molecule has 2 saturated carbocycles. The van der Waals surface area contributed by atoms with E-state index >= 15 is 0 Å². The first kappa shape index (κ1) is 18.6. The van der Waals surface area contributed by atoms with Crippen LogP contribution in [-0.2, 0) is 22.6 Å². The van der Waals surface area contributed by atoms with Gasteiger partial charge in [-0.05, 0) is 37.3 Å². The number of aliphatic hydroxyl groups is 1. The van der Waals surface area contributed by atoms with Gasteiger partial charge in [0.15, 0.2) is 0 Å². The van der Waals surface area contributed by atoms with Gasteiger partial charge in [0, 0.05) is 30.3 Å². The van der Waals surface area contributed by atoms with E-state index < -0.39 is 12.1 Å². The zero-order valence-electron chi connectivity index (χ0n) is 15.5. The number of aromatic nitrogens is 2. The van der Waals surface area contributed by atoms with Gasteiger partial charge in [0.25, 0.3) is 0 Å². The fraction of sp³-hybridized carbons (Fsp3) is 0.500. The van der Waals surface area contributed by atoms with Crippen molar-refractivity contribution in [3.63, 3.8) is 0 Å². The molecule has 0 saturated heterocycles. The predicted octanol–water partition coefficient (Wildman–Crippen LogP) is 1.06. The van der Waals surface area contributed by atoms with Crippen LogP contribution in [0.15, 0.2) is 35.1 Å². The molecule has 2 amide bonds. The molecule has 0 bridgehead atoms. The van der Waals surface area contributed by atoms with E-state index in [0.29, 0.717) is 31.0 Å². The highest BCUT2D eigenvalue weighted by atomic mass is 16.5. The fourth-order valence-corrected chi connectivity index (χ4v) is 3.62. The first-order valence-electron chi connectivity index (χ1n) is 9.68. The van der Waals surface area contributed by atoms with Crippen LogP contribution >= 0.6 is 0 Å². The number of pyridine rings is 1. The third-order valence-corrected chi connectivity index (χ3v) is 5.33. The van der Waals surface area contributed by atoms with Crippen molar-refractivity contribution in [3.05, 3.63) is 47.6 Å². The molecule has 28 heavy (non-hydrogen) atoms. The number of amides is 2. The minimum Gasteiger partial charge on any atom is -0.391 e. The number of hydrogen-bond acceptors (Lipinski definition) is 6. The quantitative estimate of drug-likeness (QED) is 0.657. The Balaban J connectivity index is 1.24. The number of carbonyl (C=O) groups is 2. The molecule has 0 spiro atoms. The van der Waals surface area contributed by atoms with Crippen molar-refractivity contribution in [1.82, 2.24) is 20.8 Å². The lowest BCUT2D eigenvalue weighted by Gasteiger charge is -2.16. The maximum absolute atomic E-state index is 12.4. The van der Waals surface area contributed by atoms with Crippen LogP contribution in [0.4, 0.5) is 0 Å². The Morgan fingerprint density at radius 3 is 2.89 bits per heavy atom. The summed E-state index contributed by atoms with van der Waals surface area (Å²) in [6, 6.07) is 5.07. The van der Waals surface area contributed by atoms with Crippen LogP contribution in [-0.4, -0.2) is 39.2 Å². The van der Waals surface area contributed by atoms with Crippen molar-refractivity contribution in [2.45, 2.75) is 56.7 Å². The highest BCUT2D eigenvalue weighted by Gasteiger charge is 2.37. The van der Waals surface area contributed by atoms with Gasteiger partial charge in [-0.2, -0.15) is 0 Å². The smallest absolute Gasteiger partial charge is 0.224 e. The summed E-state index contributed by atoms with van der Waals surface area (Å²) in [6.45, 7) is 0.305. The second-order valence-corrected chi connectivity index (χ2v) is 7.66. The van der Waals surface area contributed by atoms with Gasteiger partial charge in [0.05, 0.1) is 25.1 Å². The summed E-state index contributed by atoms with van der Waals surface area (Å²) < 4.78 is 5.28. The van der Waals surface area contributed by atoms with E-state index in [-0.39, 0.29) is 24.2 Å². The van der Waals surface area contributed by atoms with Crippen molar-refractivity contribution in [2.75, 3.05) is 0 Å². The number of aliphatic hydroxyl groups excluding tert-OH is 1. The maximum atomic E-state index is 12.4. The fourth-order valence-electron chi connectivity index (χ4n) is 3.62. The van der Waals surface area contributed by atoms with Crippen molar-refractivity contribution in [1.29, 1.82) is 0 Å². The Labute approximate surface area is 162 Å². The summed E-state index contributed by atoms with van der Waals surface area (Å²) >= 11 is 0. The van der Waals surface area contributed by atoms with Crippen LogP contribution in [0.3, 0.4) is 0 Å². The summed E-state index contributed by atoms with van der Waals surface area (Å²) in [5.41, 5.74) is 1.51. The van der Waals surface area contributed by atoms with Crippen molar-refractivity contribution in [2.24, 2.45) is 5.92 Å². The topological polar surface area (TPSA) is 117 Å². The van der Waals surface area contributed by atoms with Crippen molar-refractivity contribution < 1.29 is 19.2 Å². The van der Waals surface area contributed by atoms with Gasteiger partial charge in [-0.3, -0.25) is 14.6 Å². The molecule has 2 aliphatic carbocycles. The summed E-state index contributed by atoms with van der Waals surface area (Å²) in [4.78, 5) is 28.6. The summed E-state index contributed by atoms with van der Waals surface area (Å²) in [6.07, 6.45) is 5.76. The average molecular weight is 384 g/mol. The molecule has 2 aromatic heterocycles. The second-order valence-electron chi connectivity index (χ2n) is 7.66. The van der Waals surface area contributed by atoms with E-state index in [1.54, 1.807) is 18.5 Å². The van der Waals surface area contributed by atoms with E-state index in [2.05, 4.69) is 20.8 Å². The largest absolute Gasteiger partial charge is 0.391 e. The Kier molecular flexibility index (Phi) is 5.38. The van der Waals surface area contributed by atoms with Gasteiger partial charge in [0.1, 0.15) is 11.5 Å². The zero-order valence-corrected chi connectivity index (χ0v) is 15.5. The SMILES string of the molecule is O=C(Cc1cccnc1)N[C@H]1C[C@H](C(=O)NCc2cc(C3CC3)on2)C[C@@H]1O. The molecule has 0 aromatic carbocycles. The highest BCUT2D eigenvalue weighted by Crippen LogP contribution is 2.40. The minimum absolute atomic E-state index is 0.140. The third kappa shape index (κ3) is 4.56. The number of carbonyl (C=O) groups excluding carboxylic acids is 2. The van der Waals surface area contributed by atoms with E-state index in [4.69, 9.17) is 4.52 Å². The first-order chi connectivity index (χ1) is 13.6. The van der Waals surface area contributed by atoms with Crippen LogP contribution in [0.2, 0.25) is 0 Å². The summed E-state index contributed by atoms with van der Waals surface area (Å²) in [5, 5.41) is 19.9. The lowest BCUT2D eigenvalue weighted by Crippen LogP contribution is -2.40. The van der Waals surface area contributed by atoms with Crippen LogP contribution < -0.4 is 10.6 Å². The predicted molar refractivity (Wildman–Crippen MR) is 98.9 cm³/mol. The van der Waals surface area contributed by atoms with Crippen LogP contribution in [0.5, 0.6) is 0 Å². The second kappa shape index (κ2) is 8.10. The molecular formula is C20H24N4O4. The van der Waals surface area contributed by atoms with Gasteiger partial charge in [0.2, 0.25) is 11.8 Å². The molecule has 2 aliphatic rings. The van der Waals surface area contributed by atoms with Gasteiger partial charge in [-0.1, -0.05) is 11.2 Å². The van der Waals surface area contributed by atoms with Gasteiger partial charge >= 0.3 is 0 Å².